The fraction of sp³-hybridized carbons (Fsp3) is 0.857. The Hall–Kier alpha value is -1.10. The quantitative estimate of drug-likeness (QED) is 0.651. The van der Waals surface area contributed by atoms with Gasteiger partial charge in [0.2, 0.25) is 5.91 Å². The van der Waals surface area contributed by atoms with Crippen LogP contribution in [-0.4, -0.2) is 30.1 Å². The SMILES string of the molecule is CC(C)CC(CNC(=O)C1(CN)CCCC1)C(=O)O. The van der Waals surface area contributed by atoms with E-state index in [-0.39, 0.29) is 12.5 Å². The highest BCUT2D eigenvalue weighted by Gasteiger charge is 2.39. The number of hydrogen-bond acceptors (Lipinski definition) is 3. The minimum absolute atomic E-state index is 0.0671. The second-order valence-electron chi connectivity index (χ2n) is 6.07. The Bertz CT molecular complexity index is 323. The van der Waals surface area contributed by atoms with E-state index in [4.69, 9.17) is 10.8 Å². The van der Waals surface area contributed by atoms with Crippen molar-refractivity contribution in [2.24, 2.45) is 23.0 Å². The van der Waals surface area contributed by atoms with Gasteiger partial charge in [-0.1, -0.05) is 26.7 Å². The standard InChI is InChI=1S/C14H26N2O3/c1-10(2)7-11(12(17)18)8-16-13(19)14(9-15)5-3-4-6-14/h10-11H,3-9,15H2,1-2H3,(H,16,19)(H,17,18). The lowest BCUT2D eigenvalue weighted by atomic mass is 9.85. The first-order chi connectivity index (χ1) is 8.91. The first kappa shape index (κ1) is 16.0. The lowest BCUT2D eigenvalue weighted by molar-refractivity contribution is -0.142. The average Bonchev–Trinajstić information content (AvgIpc) is 2.83. The third kappa shape index (κ3) is 4.20. The molecule has 5 heteroatoms. The lowest BCUT2D eigenvalue weighted by Gasteiger charge is -2.26. The Kier molecular flexibility index (Phi) is 5.79. The van der Waals surface area contributed by atoms with Crippen LogP contribution in [0.5, 0.6) is 0 Å². The summed E-state index contributed by atoms with van der Waals surface area (Å²) < 4.78 is 0. The lowest BCUT2D eigenvalue weighted by Crippen LogP contribution is -2.46. The number of carboxylic acids is 1. The average molecular weight is 270 g/mol. The second-order valence-corrected chi connectivity index (χ2v) is 6.07. The zero-order chi connectivity index (χ0) is 14.5. The maximum absolute atomic E-state index is 12.2. The number of nitrogens with two attached hydrogens (primary N) is 1. The number of hydrogen-bond donors (Lipinski definition) is 3. The predicted molar refractivity (Wildman–Crippen MR) is 73.5 cm³/mol. The van der Waals surface area contributed by atoms with Gasteiger partial charge >= 0.3 is 5.97 Å². The topological polar surface area (TPSA) is 92.4 Å². The van der Waals surface area contributed by atoms with Crippen molar-refractivity contribution < 1.29 is 14.7 Å². The molecule has 4 N–H and O–H groups in total. The van der Waals surface area contributed by atoms with Gasteiger partial charge in [-0.3, -0.25) is 9.59 Å². The van der Waals surface area contributed by atoms with Crippen LogP contribution in [0.1, 0.15) is 46.0 Å². The summed E-state index contributed by atoms with van der Waals surface area (Å²) in [6.45, 7) is 4.51. The highest BCUT2D eigenvalue weighted by molar-refractivity contribution is 5.83. The highest BCUT2D eigenvalue weighted by Crippen LogP contribution is 2.37. The number of aliphatic carboxylic acids is 1. The van der Waals surface area contributed by atoms with E-state index >= 15 is 0 Å². The van der Waals surface area contributed by atoms with E-state index in [9.17, 15) is 9.59 Å². The van der Waals surface area contributed by atoms with Crippen LogP contribution in [-0.2, 0) is 9.59 Å². The van der Waals surface area contributed by atoms with E-state index in [2.05, 4.69) is 5.32 Å². The van der Waals surface area contributed by atoms with Gasteiger partial charge in [-0.05, 0) is 25.2 Å². The molecule has 1 rings (SSSR count). The molecular formula is C14H26N2O3. The summed E-state index contributed by atoms with van der Waals surface area (Å²) in [6, 6.07) is 0. The molecule has 0 aromatic carbocycles. The van der Waals surface area contributed by atoms with Gasteiger partial charge in [0, 0.05) is 13.1 Å². The summed E-state index contributed by atoms with van der Waals surface area (Å²) >= 11 is 0. The molecule has 1 aliphatic carbocycles. The fourth-order valence-corrected chi connectivity index (χ4v) is 2.82. The van der Waals surface area contributed by atoms with E-state index in [1.165, 1.54) is 0 Å². The van der Waals surface area contributed by atoms with E-state index in [0.717, 1.165) is 25.7 Å². The molecule has 1 unspecified atom stereocenters. The van der Waals surface area contributed by atoms with Crippen molar-refractivity contribution in [1.29, 1.82) is 0 Å². The van der Waals surface area contributed by atoms with Gasteiger partial charge in [-0.25, -0.2) is 0 Å². The molecule has 1 amide bonds. The van der Waals surface area contributed by atoms with Crippen molar-refractivity contribution >= 4 is 11.9 Å². The fourth-order valence-electron chi connectivity index (χ4n) is 2.82. The van der Waals surface area contributed by atoms with Gasteiger partial charge in [-0.15, -0.1) is 0 Å². The molecule has 5 nitrogen and oxygen atoms in total. The van der Waals surface area contributed by atoms with Crippen LogP contribution < -0.4 is 11.1 Å². The molecule has 19 heavy (non-hydrogen) atoms. The van der Waals surface area contributed by atoms with Crippen molar-refractivity contribution in [3.05, 3.63) is 0 Å². The molecular weight excluding hydrogens is 244 g/mol. The van der Waals surface area contributed by atoms with Crippen LogP contribution in [0, 0.1) is 17.3 Å². The van der Waals surface area contributed by atoms with E-state index in [1.54, 1.807) is 0 Å². The molecule has 0 aromatic rings. The number of nitrogens with one attached hydrogen (secondary N) is 1. The van der Waals surface area contributed by atoms with Crippen LogP contribution in [0.25, 0.3) is 0 Å². The molecule has 0 spiro atoms. The Morgan fingerprint density at radius 1 is 1.32 bits per heavy atom. The van der Waals surface area contributed by atoms with Gasteiger partial charge in [0.15, 0.2) is 0 Å². The van der Waals surface area contributed by atoms with E-state index < -0.39 is 17.3 Å². The summed E-state index contributed by atoms with van der Waals surface area (Å²) in [5, 5.41) is 11.9. The zero-order valence-electron chi connectivity index (χ0n) is 11.9. The molecule has 0 heterocycles. The predicted octanol–water partition coefficient (Wildman–Crippen LogP) is 1.37. The smallest absolute Gasteiger partial charge is 0.308 e. The van der Waals surface area contributed by atoms with Crippen LogP contribution >= 0.6 is 0 Å². The summed E-state index contributed by atoms with van der Waals surface area (Å²) in [5.41, 5.74) is 5.28. The first-order valence-corrected chi connectivity index (χ1v) is 7.12. The Labute approximate surface area is 114 Å². The summed E-state index contributed by atoms with van der Waals surface area (Å²) in [7, 11) is 0. The van der Waals surface area contributed by atoms with Crippen molar-refractivity contribution in [3.63, 3.8) is 0 Å². The highest BCUT2D eigenvalue weighted by atomic mass is 16.4. The molecule has 0 aromatic heterocycles. The minimum Gasteiger partial charge on any atom is -0.481 e. The third-order valence-electron chi connectivity index (χ3n) is 4.05. The van der Waals surface area contributed by atoms with E-state index in [1.807, 2.05) is 13.8 Å². The van der Waals surface area contributed by atoms with Gasteiger partial charge in [-0.2, -0.15) is 0 Å². The number of amides is 1. The molecule has 1 saturated carbocycles. The monoisotopic (exact) mass is 270 g/mol. The number of rotatable bonds is 7. The number of carbonyl (C=O) groups is 2. The normalized spacial score (nSPS) is 19.4. The molecule has 1 aliphatic rings. The number of carboxylic acid groups (broad SMARTS) is 1. The van der Waals surface area contributed by atoms with Gasteiger partial charge < -0.3 is 16.2 Å². The second kappa shape index (κ2) is 6.89. The minimum atomic E-state index is -0.845. The number of carbonyl (C=O) groups excluding carboxylic acids is 1. The molecule has 0 aliphatic heterocycles. The van der Waals surface area contributed by atoms with Crippen LogP contribution in [0.15, 0.2) is 0 Å². The Morgan fingerprint density at radius 3 is 2.32 bits per heavy atom. The van der Waals surface area contributed by atoms with Crippen LogP contribution in [0.3, 0.4) is 0 Å². The maximum atomic E-state index is 12.2. The molecule has 110 valence electrons. The first-order valence-electron chi connectivity index (χ1n) is 7.12. The summed E-state index contributed by atoms with van der Waals surface area (Å²) in [5.74, 6) is -1.13. The van der Waals surface area contributed by atoms with Gasteiger partial charge in [0.05, 0.1) is 11.3 Å². The van der Waals surface area contributed by atoms with Crippen molar-refractivity contribution in [1.82, 2.24) is 5.32 Å². The van der Waals surface area contributed by atoms with Gasteiger partial charge in [0.1, 0.15) is 0 Å². The van der Waals surface area contributed by atoms with Crippen molar-refractivity contribution in [3.8, 4) is 0 Å². The van der Waals surface area contributed by atoms with E-state index in [0.29, 0.717) is 18.9 Å². The molecule has 1 fully saturated rings. The van der Waals surface area contributed by atoms with Crippen molar-refractivity contribution in [2.75, 3.05) is 13.1 Å². The summed E-state index contributed by atoms with van der Waals surface area (Å²) in [6.07, 6.45) is 4.26. The zero-order valence-corrected chi connectivity index (χ0v) is 11.9. The summed E-state index contributed by atoms with van der Waals surface area (Å²) in [4.78, 5) is 23.4. The largest absolute Gasteiger partial charge is 0.481 e. The maximum Gasteiger partial charge on any atom is 0.308 e. The van der Waals surface area contributed by atoms with Crippen molar-refractivity contribution in [2.45, 2.75) is 46.0 Å². The van der Waals surface area contributed by atoms with Crippen LogP contribution in [0.4, 0.5) is 0 Å². The third-order valence-corrected chi connectivity index (χ3v) is 4.05. The van der Waals surface area contributed by atoms with Gasteiger partial charge in [0.25, 0.3) is 0 Å². The Balaban J connectivity index is 2.53. The van der Waals surface area contributed by atoms with Crippen LogP contribution in [0.2, 0.25) is 0 Å². The molecule has 1 atom stereocenters. The molecule has 0 saturated heterocycles. The molecule has 0 radical (unpaired) electrons. The Morgan fingerprint density at radius 2 is 1.89 bits per heavy atom. The molecule has 0 bridgehead atoms.